The van der Waals surface area contributed by atoms with Gasteiger partial charge in [0.25, 0.3) is 0 Å². The molecule has 0 radical (unpaired) electrons. The van der Waals surface area contributed by atoms with Gasteiger partial charge < -0.3 is 10.2 Å². The van der Waals surface area contributed by atoms with E-state index >= 15 is 0 Å². The lowest BCUT2D eigenvalue weighted by molar-refractivity contribution is 0.0694. The molecule has 1 rings (SSSR count). The Morgan fingerprint density at radius 3 is 2.77 bits per heavy atom. The van der Waals surface area contributed by atoms with E-state index in [-0.39, 0.29) is 17.0 Å². The van der Waals surface area contributed by atoms with Gasteiger partial charge in [-0.15, -0.1) is 0 Å². The summed E-state index contributed by atoms with van der Waals surface area (Å²) in [5.41, 5.74) is 7.93. The summed E-state index contributed by atoms with van der Waals surface area (Å²) in [6.45, 7) is 0. The van der Waals surface area contributed by atoms with E-state index in [1.807, 2.05) is 0 Å². The van der Waals surface area contributed by atoms with Gasteiger partial charge in [0.2, 0.25) is 0 Å². The van der Waals surface area contributed by atoms with Crippen LogP contribution >= 0.6 is 0 Å². The third kappa shape index (κ3) is 1.88. The number of hydrogen-bond acceptors (Lipinski definition) is 3. The summed E-state index contributed by atoms with van der Waals surface area (Å²) in [5.74, 6) is -1.63. The molecule has 2 N–H and O–H groups in total. The number of benzene rings is 1. The van der Waals surface area contributed by atoms with Gasteiger partial charge in [-0.25, -0.2) is 4.79 Å². The van der Waals surface area contributed by atoms with Crippen molar-refractivity contribution in [2.75, 3.05) is 0 Å². The molecule has 0 saturated heterocycles. The first-order chi connectivity index (χ1) is 6.15. The smallest absolute Gasteiger partial charge is 0.339 e. The largest absolute Gasteiger partial charge is 0.507 e. The van der Waals surface area contributed by atoms with E-state index in [1.54, 1.807) is 0 Å². The number of aromatic carboxylic acids is 1. The van der Waals surface area contributed by atoms with Gasteiger partial charge in [-0.2, -0.15) is 0 Å². The number of aromatic hydroxyl groups is 1. The molecule has 1 aromatic carbocycles. The maximum Gasteiger partial charge on any atom is 0.339 e. The van der Waals surface area contributed by atoms with Gasteiger partial charge >= 0.3 is 5.97 Å². The molecule has 13 heavy (non-hydrogen) atoms. The van der Waals surface area contributed by atoms with Crippen molar-refractivity contribution in [3.8, 4) is 5.75 Å². The van der Waals surface area contributed by atoms with Crippen LogP contribution < -0.4 is 0 Å². The minimum Gasteiger partial charge on any atom is -0.507 e. The van der Waals surface area contributed by atoms with Crippen LogP contribution in [0, 0.1) is 0 Å². The summed E-state index contributed by atoms with van der Waals surface area (Å²) in [5, 5.41) is 20.8. The van der Waals surface area contributed by atoms with Crippen molar-refractivity contribution in [3.63, 3.8) is 0 Å². The molecule has 0 spiro atoms. The predicted octanol–water partition coefficient (Wildman–Crippen LogP) is 2.03. The Balaban J connectivity index is 3.26. The maximum absolute atomic E-state index is 10.5. The van der Waals surface area contributed by atoms with Crippen LogP contribution in [0.5, 0.6) is 5.75 Å². The first kappa shape index (κ1) is 8.89. The normalized spacial score (nSPS) is 8.92. The van der Waals surface area contributed by atoms with Crippen molar-refractivity contribution < 1.29 is 15.0 Å². The molecule has 0 aliphatic heterocycles. The van der Waals surface area contributed by atoms with Gasteiger partial charge in [-0.05, 0) is 23.7 Å². The Labute approximate surface area is 72.7 Å². The molecule has 0 unspecified atom stereocenters. The minimum atomic E-state index is -1.27. The van der Waals surface area contributed by atoms with Crippen molar-refractivity contribution in [1.29, 1.82) is 0 Å². The van der Waals surface area contributed by atoms with E-state index in [4.69, 9.17) is 15.7 Å². The molecular formula is C7H5N3O3. The van der Waals surface area contributed by atoms with Gasteiger partial charge in [0, 0.05) is 10.6 Å². The van der Waals surface area contributed by atoms with Crippen LogP contribution in [0.1, 0.15) is 10.4 Å². The van der Waals surface area contributed by atoms with Crippen LogP contribution in [0.15, 0.2) is 23.3 Å². The second-order valence-electron chi connectivity index (χ2n) is 2.20. The zero-order chi connectivity index (χ0) is 9.84. The fraction of sp³-hybridized carbons (Fsp3) is 0. The van der Waals surface area contributed by atoms with E-state index < -0.39 is 5.97 Å². The third-order valence-electron chi connectivity index (χ3n) is 1.37. The van der Waals surface area contributed by atoms with Gasteiger partial charge in [-0.3, -0.25) is 0 Å². The summed E-state index contributed by atoms with van der Waals surface area (Å²) >= 11 is 0. The van der Waals surface area contributed by atoms with Crippen molar-refractivity contribution >= 4 is 11.7 Å². The van der Waals surface area contributed by atoms with E-state index in [1.165, 1.54) is 6.07 Å². The average molecular weight is 179 g/mol. The molecule has 0 atom stereocenters. The number of phenols is 1. The Morgan fingerprint density at radius 1 is 1.54 bits per heavy atom. The summed E-state index contributed by atoms with van der Waals surface area (Å²) in [6.07, 6.45) is 0. The molecule has 0 aliphatic rings. The highest BCUT2D eigenvalue weighted by molar-refractivity contribution is 5.91. The number of nitrogens with zero attached hydrogens (tertiary/aromatic N) is 3. The second-order valence-corrected chi connectivity index (χ2v) is 2.20. The van der Waals surface area contributed by atoms with Crippen LogP contribution in [0.3, 0.4) is 0 Å². The van der Waals surface area contributed by atoms with Crippen molar-refractivity contribution in [1.82, 2.24) is 0 Å². The van der Waals surface area contributed by atoms with E-state index in [2.05, 4.69) is 10.0 Å². The third-order valence-corrected chi connectivity index (χ3v) is 1.37. The molecular weight excluding hydrogens is 174 g/mol. The zero-order valence-electron chi connectivity index (χ0n) is 6.38. The second kappa shape index (κ2) is 3.46. The highest BCUT2D eigenvalue weighted by atomic mass is 16.4. The maximum atomic E-state index is 10.5. The molecule has 0 aromatic heterocycles. The monoisotopic (exact) mass is 179 g/mol. The SMILES string of the molecule is [N-]=[N+]=Nc1ccc(O)c(C(=O)O)c1. The molecule has 6 heteroatoms. The van der Waals surface area contributed by atoms with E-state index in [9.17, 15) is 4.79 Å². The topological polar surface area (TPSA) is 106 Å². The molecule has 0 fully saturated rings. The highest BCUT2D eigenvalue weighted by Gasteiger charge is 2.08. The number of carboxylic acid groups (broad SMARTS) is 1. The lowest BCUT2D eigenvalue weighted by Gasteiger charge is -1.98. The molecule has 0 bridgehead atoms. The fourth-order valence-corrected chi connectivity index (χ4v) is 0.809. The van der Waals surface area contributed by atoms with Crippen molar-refractivity contribution in [2.24, 2.45) is 5.11 Å². The summed E-state index contributed by atoms with van der Waals surface area (Å²) < 4.78 is 0. The molecule has 6 nitrogen and oxygen atoms in total. The summed E-state index contributed by atoms with van der Waals surface area (Å²) in [4.78, 5) is 13.0. The first-order valence-corrected chi connectivity index (χ1v) is 3.26. The van der Waals surface area contributed by atoms with Gasteiger partial charge in [0.15, 0.2) is 0 Å². The highest BCUT2D eigenvalue weighted by Crippen LogP contribution is 2.23. The van der Waals surface area contributed by atoms with Crippen LogP contribution in [0.25, 0.3) is 10.4 Å². The average Bonchev–Trinajstić information content (AvgIpc) is 2.08. The standard InChI is InChI=1S/C7H5N3O3/c8-10-9-4-1-2-6(11)5(3-4)7(12)13/h1-3,11H,(H,12,13). The number of carbonyl (C=O) groups is 1. The predicted molar refractivity (Wildman–Crippen MR) is 43.9 cm³/mol. The number of azide groups is 1. The summed E-state index contributed by atoms with van der Waals surface area (Å²) in [6, 6.07) is 3.58. The van der Waals surface area contributed by atoms with Gasteiger partial charge in [-0.1, -0.05) is 5.11 Å². The van der Waals surface area contributed by atoms with Crippen LogP contribution in [0.2, 0.25) is 0 Å². The Kier molecular flexibility index (Phi) is 2.37. The number of rotatable bonds is 2. The quantitative estimate of drug-likeness (QED) is 0.412. The molecule has 66 valence electrons. The first-order valence-electron chi connectivity index (χ1n) is 3.26. The van der Waals surface area contributed by atoms with Crippen LogP contribution in [0.4, 0.5) is 5.69 Å². The Morgan fingerprint density at radius 2 is 2.23 bits per heavy atom. The fourth-order valence-electron chi connectivity index (χ4n) is 0.809. The molecule has 0 heterocycles. The van der Waals surface area contributed by atoms with E-state index in [0.29, 0.717) is 0 Å². The van der Waals surface area contributed by atoms with Gasteiger partial charge in [0.05, 0.1) is 0 Å². The van der Waals surface area contributed by atoms with Crippen LogP contribution in [-0.2, 0) is 0 Å². The Hall–Kier alpha value is -2.20. The lowest BCUT2D eigenvalue weighted by Crippen LogP contribution is -1.95. The Bertz CT molecular complexity index is 396. The van der Waals surface area contributed by atoms with Crippen molar-refractivity contribution in [3.05, 3.63) is 34.2 Å². The van der Waals surface area contributed by atoms with Crippen molar-refractivity contribution in [2.45, 2.75) is 0 Å². The molecule has 0 aliphatic carbocycles. The number of carboxylic acids is 1. The zero-order valence-corrected chi connectivity index (χ0v) is 6.38. The van der Waals surface area contributed by atoms with Gasteiger partial charge in [0.1, 0.15) is 11.3 Å². The van der Waals surface area contributed by atoms with E-state index in [0.717, 1.165) is 12.1 Å². The molecule has 0 saturated carbocycles. The lowest BCUT2D eigenvalue weighted by atomic mass is 10.2. The van der Waals surface area contributed by atoms with Crippen LogP contribution in [-0.4, -0.2) is 16.2 Å². The molecule has 1 aromatic rings. The number of hydrogen-bond donors (Lipinski definition) is 2. The molecule has 0 amide bonds. The minimum absolute atomic E-state index is 0.151. The summed E-state index contributed by atoms with van der Waals surface area (Å²) in [7, 11) is 0.